The van der Waals surface area contributed by atoms with Crippen LogP contribution in [0.2, 0.25) is 5.02 Å². The minimum atomic E-state index is -2.49. The maximum absolute atomic E-state index is 14.0. The molecule has 0 heterocycles. The van der Waals surface area contributed by atoms with Crippen molar-refractivity contribution in [3.63, 3.8) is 0 Å². The Labute approximate surface area is 129 Å². The number of halogens is 5. The highest BCUT2D eigenvalue weighted by Crippen LogP contribution is 2.30. The molecule has 0 fully saturated rings. The highest BCUT2D eigenvalue weighted by molar-refractivity contribution is 9.10. The van der Waals surface area contributed by atoms with Gasteiger partial charge in [-0.1, -0.05) is 18.5 Å². The maximum atomic E-state index is 14.0. The molecule has 1 N–H and O–H groups in total. The van der Waals surface area contributed by atoms with Gasteiger partial charge in [0.05, 0.1) is 5.02 Å². The van der Waals surface area contributed by atoms with E-state index in [-0.39, 0.29) is 12.6 Å². The molecule has 0 saturated carbocycles. The molecule has 0 bridgehead atoms. The summed E-state index contributed by atoms with van der Waals surface area (Å²) < 4.78 is 43.2. The van der Waals surface area contributed by atoms with Gasteiger partial charge in [0.2, 0.25) is 0 Å². The van der Waals surface area contributed by atoms with Crippen LogP contribution in [0.5, 0.6) is 0 Å². The first-order chi connectivity index (χ1) is 9.45. The Bertz CT molecular complexity index is 434. The number of benzene rings is 1. The topological polar surface area (TPSA) is 21.3 Å². The predicted octanol–water partition coefficient (Wildman–Crippen LogP) is 4.56. The summed E-state index contributed by atoms with van der Waals surface area (Å²) in [5.74, 6) is -0.402. The van der Waals surface area contributed by atoms with Gasteiger partial charge < -0.3 is 10.1 Å². The van der Waals surface area contributed by atoms with Crippen LogP contribution in [-0.4, -0.2) is 26.2 Å². The number of ether oxygens (including phenoxy) is 1. The van der Waals surface area contributed by atoms with Gasteiger partial charge in [0.15, 0.2) is 0 Å². The zero-order valence-corrected chi connectivity index (χ0v) is 13.3. The lowest BCUT2D eigenvalue weighted by atomic mass is 10.0. The molecule has 1 atom stereocenters. The van der Waals surface area contributed by atoms with Crippen molar-refractivity contribution in [2.75, 3.05) is 19.8 Å². The first-order valence-corrected chi connectivity index (χ1v) is 7.36. The molecule has 1 aromatic rings. The monoisotopic (exact) mass is 373 g/mol. The number of nitrogens with one attached hydrogen (secondary N) is 1. The zero-order chi connectivity index (χ0) is 15.1. The van der Waals surface area contributed by atoms with E-state index in [9.17, 15) is 13.2 Å². The van der Waals surface area contributed by atoms with Crippen LogP contribution in [0.25, 0.3) is 0 Å². The predicted molar refractivity (Wildman–Crippen MR) is 77.0 cm³/mol. The number of alkyl halides is 2. The molecule has 20 heavy (non-hydrogen) atoms. The van der Waals surface area contributed by atoms with Crippen molar-refractivity contribution in [1.29, 1.82) is 0 Å². The molecule has 114 valence electrons. The van der Waals surface area contributed by atoms with Gasteiger partial charge in [0.1, 0.15) is 12.4 Å². The lowest BCUT2D eigenvalue weighted by Gasteiger charge is -2.19. The molecule has 1 rings (SSSR count). The maximum Gasteiger partial charge on any atom is 0.261 e. The fourth-order valence-electron chi connectivity index (χ4n) is 1.79. The van der Waals surface area contributed by atoms with Crippen molar-refractivity contribution in [3.8, 4) is 0 Å². The van der Waals surface area contributed by atoms with Crippen molar-refractivity contribution < 1.29 is 17.9 Å². The van der Waals surface area contributed by atoms with E-state index in [1.54, 1.807) is 0 Å². The van der Waals surface area contributed by atoms with Gasteiger partial charge in [-0.2, -0.15) is 0 Å². The van der Waals surface area contributed by atoms with Gasteiger partial charge in [-0.15, -0.1) is 0 Å². The van der Waals surface area contributed by atoms with Crippen molar-refractivity contribution in [3.05, 3.63) is 33.0 Å². The molecular formula is C13H16BrClF3NO. The van der Waals surface area contributed by atoms with Crippen molar-refractivity contribution in [1.82, 2.24) is 5.32 Å². The Morgan fingerprint density at radius 1 is 1.40 bits per heavy atom. The summed E-state index contributed by atoms with van der Waals surface area (Å²) in [6, 6.07) is 2.49. The number of rotatable bonds is 8. The summed E-state index contributed by atoms with van der Waals surface area (Å²) in [5.41, 5.74) is 0.403. The second kappa shape index (κ2) is 8.87. The molecule has 0 aliphatic heterocycles. The smallest absolute Gasteiger partial charge is 0.261 e. The molecule has 0 aromatic heterocycles. The Morgan fingerprint density at radius 3 is 2.70 bits per heavy atom. The van der Waals surface area contributed by atoms with Gasteiger partial charge in [0, 0.05) is 22.7 Å². The van der Waals surface area contributed by atoms with E-state index in [4.69, 9.17) is 16.3 Å². The van der Waals surface area contributed by atoms with Crippen LogP contribution in [-0.2, 0) is 4.74 Å². The Morgan fingerprint density at radius 2 is 2.10 bits per heavy atom. The molecule has 0 radical (unpaired) electrons. The second-order valence-corrected chi connectivity index (χ2v) is 5.41. The van der Waals surface area contributed by atoms with Gasteiger partial charge in [-0.3, -0.25) is 0 Å². The molecule has 0 aliphatic rings. The van der Waals surface area contributed by atoms with Crippen LogP contribution >= 0.6 is 27.5 Å². The zero-order valence-electron chi connectivity index (χ0n) is 10.9. The molecule has 7 heteroatoms. The standard InChI is InChI=1S/C13H16BrClF3NO/c1-2-19-12(3-4-20-7-13(17)18)8-5-10(15)9(14)6-11(8)16/h5-6,12-13,19H,2-4,7H2,1H3. The van der Waals surface area contributed by atoms with Crippen LogP contribution in [0.3, 0.4) is 0 Å². The van der Waals surface area contributed by atoms with Gasteiger partial charge in [-0.25, -0.2) is 13.2 Å². The van der Waals surface area contributed by atoms with E-state index in [1.807, 2.05) is 6.92 Å². The third kappa shape index (κ3) is 5.60. The van der Waals surface area contributed by atoms with Crippen molar-refractivity contribution in [2.45, 2.75) is 25.8 Å². The summed E-state index contributed by atoms with van der Waals surface area (Å²) >= 11 is 9.11. The molecule has 0 amide bonds. The Balaban J connectivity index is 2.72. The minimum absolute atomic E-state index is 0.120. The van der Waals surface area contributed by atoms with E-state index < -0.39 is 18.8 Å². The molecule has 0 saturated heterocycles. The fraction of sp³-hybridized carbons (Fsp3) is 0.538. The van der Waals surface area contributed by atoms with E-state index in [0.29, 0.717) is 28.0 Å². The van der Waals surface area contributed by atoms with E-state index in [1.165, 1.54) is 12.1 Å². The van der Waals surface area contributed by atoms with Crippen molar-refractivity contribution >= 4 is 27.5 Å². The van der Waals surface area contributed by atoms with Crippen LogP contribution in [0.15, 0.2) is 16.6 Å². The summed E-state index contributed by atoms with van der Waals surface area (Å²) in [6.45, 7) is 2.01. The average molecular weight is 375 g/mol. The fourth-order valence-corrected chi connectivity index (χ4v) is 2.28. The lowest BCUT2D eigenvalue weighted by Crippen LogP contribution is -2.24. The molecule has 1 aromatic carbocycles. The summed E-state index contributed by atoms with van der Waals surface area (Å²) in [6.07, 6.45) is -2.11. The Hall–Kier alpha value is -0.300. The second-order valence-electron chi connectivity index (χ2n) is 4.15. The third-order valence-electron chi connectivity index (χ3n) is 2.66. The van der Waals surface area contributed by atoms with E-state index in [0.717, 1.165) is 0 Å². The van der Waals surface area contributed by atoms with Gasteiger partial charge in [-0.05, 0) is 41.0 Å². The van der Waals surface area contributed by atoms with Crippen LogP contribution in [0.4, 0.5) is 13.2 Å². The highest BCUT2D eigenvalue weighted by Gasteiger charge is 2.17. The molecular weight excluding hydrogens is 358 g/mol. The van der Waals surface area contributed by atoms with Crippen LogP contribution in [0.1, 0.15) is 24.9 Å². The van der Waals surface area contributed by atoms with Gasteiger partial charge >= 0.3 is 0 Å². The van der Waals surface area contributed by atoms with E-state index >= 15 is 0 Å². The Kier molecular flexibility index (Phi) is 7.87. The summed E-state index contributed by atoms with van der Waals surface area (Å²) in [4.78, 5) is 0. The first-order valence-electron chi connectivity index (χ1n) is 6.19. The van der Waals surface area contributed by atoms with Crippen LogP contribution in [0, 0.1) is 5.82 Å². The molecule has 0 spiro atoms. The van der Waals surface area contributed by atoms with Crippen molar-refractivity contribution in [2.24, 2.45) is 0 Å². The van der Waals surface area contributed by atoms with E-state index in [2.05, 4.69) is 21.2 Å². The quantitative estimate of drug-likeness (QED) is 0.532. The van der Waals surface area contributed by atoms with Gasteiger partial charge in [0.25, 0.3) is 6.43 Å². The SMILES string of the molecule is CCNC(CCOCC(F)F)c1cc(Cl)c(Br)cc1F. The average Bonchev–Trinajstić information content (AvgIpc) is 2.37. The summed E-state index contributed by atoms with van der Waals surface area (Å²) in [5, 5.41) is 3.49. The number of hydrogen-bond donors (Lipinski definition) is 1. The molecule has 2 nitrogen and oxygen atoms in total. The molecule has 0 aliphatic carbocycles. The first kappa shape index (κ1) is 17.8. The largest absolute Gasteiger partial charge is 0.375 e. The third-order valence-corrected chi connectivity index (χ3v) is 3.86. The highest BCUT2D eigenvalue weighted by atomic mass is 79.9. The minimum Gasteiger partial charge on any atom is -0.375 e. The summed E-state index contributed by atoms with van der Waals surface area (Å²) in [7, 11) is 0. The lowest BCUT2D eigenvalue weighted by molar-refractivity contribution is 0.0143. The molecule has 1 unspecified atom stereocenters. The van der Waals surface area contributed by atoms with Crippen LogP contribution < -0.4 is 5.32 Å². The normalized spacial score (nSPS) is 12.9. The number of hydrogen-bond acceptors (Lipinski definition) is 2.